The first-order chi connectivity index (χ1) is 17.9. The molecule has 0 saturated heterocycles. The van der Waals surface area contributed by atoms with Gasteiger partial charge in [-0.05, 0) is 37.5 Å². The van der Waals surface area contributed by atoms with E-state index in [-0.39, 0.29) is 35.6 Å². The molecule has 0 aliphatic heterocycles. The summed E-state index contributed by atoms with van der Waals surface area (Å²) in [4.78, 5) is 38.8. The minimum Gasteiger partial charge on any atom is -0.495 e. The van der Waals surface area contributed by atoms with Crippen molar-refractivity contribution in [2.24, 2.45) is 0 Å². The highest BCUT2D eigenvalue weighted by molar-refractivity contribution is 7.92. The number of carbonyl (C=O) groups excluding carboxylic acids is 2. The van der Waals surface area contributed by atoms with Crippen LogP contribution in [-0.4, -0.2) is 62.0 Å². The highest BCUT2D eigenvalue weighted by Gasteiger charge is 2.33. The van der Waals surface area contributed by atoms with E-state index >= 15 is 0 Å². The lowest BCUT2D eigenvalue weighted by Crippen LogP contribution is -2.52. The average Bonchev–Trinajstić information content (AvgIpc) is 3.38. The quantitative estimate of drug-likeness (QED) is 0.324. The first-order valence-electron chi connectivity index (χ1n) is 12.1. The lowest BCUT2D eigenvalue weighted by atomic mass is 10.1. The Morgan fingerprint density at radius 1 is 1.21 bits per heavy atom. The Morgan fingerprint density at radius 3 is 2.45 bits per heavy atom. The van der Waals surface area contributed by atoms with Gasteiger partial charge in [0.2, 0.25) is 21.8 Å². The molecule has 11 nitrogen and oxygen atoms in total. The van der Waals surface area contributed by atoms with Gasteiger partial charge in [0, 0.05) is 29.7 Å². The second-order valence-corrected chi connectivity index (χ2v) is 11.5. The van der Waals surface area contributed by atoms with Gasteiger partial charge in [-0.3, -0.25) is 24.0 Å². The maximum atomic E-state index is 13.7. The highest BCUT2D eigenvalue weighted by Crippen LogP contribution is 2.34. The van der Waals surface area contributed by atoms with Gasteiger partial charge in [0.25, 0.3) is 5.69 Å². The maximum Gasteiger partial charge on any atom is 0.271 e. The van der Waals surface area contributed by atoms with Gasteiger partial charge in [-0.25, -0.2) is 8.42 Å². The Labute approximate surface area is 226 Å². The summed E-state index contributed by atoms with van der Waals surface area (Å²) in [7, 11) is -2.83. The molecule has 1 aliphatic rings. The van der Waals surface area contributed by atoms with E-state index in [1.807, 2.05) is 0 Å². The molecule has 1 aliphatic carbocycles. The Morgan fingerprint density at radius 2 is 1.87 bits per heavy atom. The van der Waals surface area contributed by atoms with Crippen molar-refractivity contribution in [3.8, 4) is 5.75 Å². The molecule has 3 rings (SSSR count). The first kappa shape index (κ1) is 29.2. The molecule has 2 aromatic rings. The number of rotatable bonds is 11. The summed E-state index contributed by atoms with van der Waals surface area (Å²) in [5.74, 6) is -1.03. The number of hydrogen-bond donors (Lipinski definition) is 1. The van der Waals surface area contributed by atoms with E-state index in [0.29, 0.717) is 10.6 Å². The number of hydrogen-bond acceptors (Lipinski definition) is 7. The molecule has 2 aromatic carbocycles. The van der Waals surface area contributed by atoms with Crippen molar-refractivity contribution < 1.29 is 27.7 Å². The van der Waals surface area contributed by atoms with Gasteiger partial charge in [0.15, 0.2) is 0 Å². The molecular weight excluding hydrogens is 536 g/mol. The molecule has 0 radical (unpaired) electrons. The Balaban J connectivity index is 1.98. The zero-order valence-electron chi connectivity index (χ0n) is 21.4. The number of sulfonamides is 1. The van der Waals surface area contributed by atoms with Gasteiger partial charge in [-0.15, -0.1) is 0 Å². The van der Waals surface area contributed by atoms with Crippen LogP contribution in [0.15, 0.2) is 42.5 Å². The van der Waals surface area contributed by atoms with Gasteiger partial charge >= 0.3 is 0 Å². The third-order valence-electron chi connectivity index (χ3n) is 6.49. The summed E-state index contributed by atoms with van der Waals surface area (Å²) < 4.78 is 31.6. The van der Waals surface area contributed by atoms with E-state index in [0.717, 1.165) is 42.3 Å². The number of benzene rings is 2. The average molecular weight is 567 g/mol. The van der Waals surface area contributed by atoms with Gasteiger partial charge in [-0.2, -0.15) is 0 Å². The number of ether oxygens (including phenoxy) is 1. The monoisotopic (exact) mass is 566 g/mol. The molecule has 38 heavy (non-hydrogen) atoms. The topological polar surface area (TPSA) is 139 Å². The molecule has 0 unspecified atom stereocenters. The van der Waals surface area contributed by atoms with Crippen molar-refractivity contribution in [1.82, 2.24) is 10.2 Å². The van der Waals surface area contributed by atoms with Crippen LogP contribution in [0.25, 0.3) is 0 Å². The van der Waals surface area contributed by atoms with Crippen LogP contribution in [0.3, 0.4) is 0 Å². The third kappa shape index (κ3) is 7.13. The number of carbonyl (C=O) groups is 2. The number of non-ortho nitro benzene ring substituents is 1. The highest BCUT2D eigenvalue weighted by atomic mass is 35.5. The summed E-state index contributed by atoms with van der Waals surface area (Å²) in [6.07, 6.45) is 4.61. The normalized spacial score (nSPS) is 14.5. The number of nitro groups is 1. The van der Waals surface area contributed by atoms with Crippen molar-refractivity contribution in [2.45, 2.75) is 51.2 Å². The second kappa shape index (κ2) is 12.4. The van der Waals surface area contributed by atoms with Crippen LogP contribution in [0.4, 0.5) is 11.4 Å². The van der Waals surface area contributed by atoms with Gasteiger partial charge in [0.1, 0.15) is 24.0 Å². The van der Waals surface area contributed by atoms with E-state index in [1.54, 1.807) is 31.2 Å². The molecule has 1 atom stereocenters. The summed E-state index contributed by atoms with van der Waals surface area (Å²) in [5, 5.41) is 14.7. The van der Waals surface area contributed by atoms with Crippen molar-refractivity contribution in [3.63, 3.8) is 0 Å². The van der Waals surface area contributed by atoms with Gasteiger partial charge in [-0.1, -0.05) is 42.6 Å². The molecule has 0 aromatic heterocycles. The third-order valence-corrected chi connectivity index (χ3v) is 7.98. The summed E-state index contributed by atoms with van der Waals surface area (Å²) in [6, 6.07) is 9.36. The van der Waals surface area contributed by atoms with Crippen molar-refractivity contribution in [2.75, 3.05) is 24.2 Å². The molecule has 0 bridgehead atoms. The fraction of sp³-hybridized carbons (Fsp3) is 0.440. The molecule has 0 spiro atoms. The van der Waals surface area contributed by atoms with E-state index < -0.39 is 33.4 Å². The molecule has 1 fully saturated rings. The van der Waals surface area contributed by atoms with Crippen molar-refractivity contribution >= 4 is 44.8 Å². The van der Waals surface area contributed by atoms with Crippen LogP contribution in [0.2, 0.25) is 5.02 Å². The summed E-state index contributed by atoms with van der Waals surface area (Å²) in [5.41, 5.74) is 0.0271. The number of amides is 2. The van der Waals surface area contributed by atoms with Crippen LogP contribution in [-0.2, 0) is 26.2 Å². The van der Waals surface area contributed by atoms with Crippen LogP contribution >= 0.6 is 11.6 Å². The number of halogens is 1. The Hall–Kier alpha value is -3.38. The molecular formula is C25H31ClN4O7S. The van der Waals surface area contributed by atoms with E-state index in [9.17, 15) is 28.1 Å². The largest absolute Gasteiger partial charge is 0.495 e. The van der Waals surface area contributed by atoms with E-state index in [1.165, 1.54) is 24.1 Å². The predicted molar refractivity (Wildman–Crippen MR) is 144 cm³/mol. The molecule has 1 saturated carbocycles. The molecule has 0 heterocycles. The lowest BCUT2D eigenvalue weighted by Gasteiger charge is -2.32. The fourth-order valence-corrected chi connectivity index (χ4v) is 5.41. The zero-order chi connectivity index (χ0) is 28.0. The number of anilines is 1. The number of nitro benzene ring substituents is 1. The summed E-state index contributed by atoms with van der Waals surface area (Å²) in [6.45, 7) is 0.793. The minimum atomic E-state index is -4.11. The van der Waals surface area contributed by atoms with Crippen LogP contribution < -0.4 is 14.4 Å². The minimum absolute atomic E-state index is 0.0175. The fourth-order valence-electron chi connectivity index (χ4n) is 4.37. The van der Waals surface area contributed by atoms with Crippen LogP contribution in [0, 0.1) is 10.1 Å². The Kier molecular flexibility index (Phi) is 9.55. The van der Waals surface area contributed by atoms with Gasteiger partial charge < -0.3 is 15.0 Å². The van der Waals surface area contributed by atoms with Crippen molar-refractivity contribution in [3.05, 3.63) is 63.2 Å². The van der Waals surface area contributed by atoms with Gasteiger partial charge in [0.05, 0.1) is 18.3 Å². The zero-order valence-corrected chi connectivity index (χ0v) is 23.0. The molecule has 2 amide bonds. The lowest BCUT2D eigenvalue weighted by molar-refractivity contribution is -0.384. The number of nitrogens with zero attached hydrogens (tertiary/aromatic N) is 3. The second-order valence-electron chi connectivity index (χ2n) is 9.16. The Bertz CT molecular complexity index is 1300. The van der Waals surface area contributed by atoms with Crippen molar-refractivity contribution in [1.29, 1.82) is 0 Å². The van der Waals surface area contributed by atoms with E-state index in [2.05, 4.69) is 5.32 Å². The molecule has 13 heteroatoms. The first-order valence-corrected chi connectivity index (χ1v) is 14.3. The van der Waals surface area contributed by atoms with Crippen LogP contribution in [0.5, 0.6) is 5.75 Å². The SMILES string of the molecule is COc1ccc([N+](=O)[O-])cc1N(CC(=O)N(Cc1ccccc1Cl)[C@@H](C)C(=O)NC1CCCC1)S(C)(=O)=O. The number of nitrogens with one attached hydrogen (secondary N) is 1. The van der Waals surface area contributed by atoms with Crippen LogP contribution in [0.1, 0.15) is 38.2 Å². The molecule has 1 N–H and O–H groups in total. The van der Waals surface area contributed by atoms with E-state index in [4.69, 9.17) is 16.3 Å². The maximum absolute atomic E-state index is 13.7. The predicted octanol–water partition coefficient (Wildman–Crippen LogP) is 3.50. The smallest absolute Gasteiger partial charge is 0.271 e. The number of methoxy groups -OCH3 is 1. The molecule has 206 valence electrons. The standard InChI is InChI=1S/C25H31ClN4O7S/c1-17(25(32)27-19-9-5-6-10-19)28(15-18-8-4-7-11-21(18)26)24(31)16-29(38(3,35)36)22-14-20(30(33)34)12-13-23(22)37-2/h4,7-8,11-14,17,19H,5-6,9-10,15-16H2,1-3H3,(H,27,32)/t17-/m0/s1. The summed E-state index contributed by atoms with van der Waals surface area (Å²) >= 11 is 6.33.